The molecule has 1 amide bonds. The van der Waals surface area contributed by atoms with Crippen LogP contribution in [0.25, 0.3) is 0 Å². The second-order valence-electron chi connectivity index (χ2n) is 7.79. The molecule has 6 nitrogen and oxygen atoms in total. The van der Waals surface area contributed by atoms with Crippen LogP contribution in [-0.4, -0.2) is 64.3 Å². The van der Waals surface area contributed by atoms with Gasteiger partial charge < -0.3 is 5.32 Å². The molecule has 1 aliphatic heterocycles. The Balaban J connectivity index is 1.26. The predicted octanol–water partition coefficient (Wildman–Crippen LogP) is 1.84. The van der Waals surface area contributed by atoms with Crippen LogP contribution in [0.5, 0.6) is 0 Å². The minimum atomic E-state index is 0.0474. The van der Waals surface area contributed by atoms with Gasteiger partial charge >= 0.3 is 0 Å². The first-order chi connectivity index (χ1) is 13.1. The lowest BCUT2D eigenvalue weighted by atomic mass is 9.87. The first-order valence-corrected chi connectivity index (χ1v) is 9.92. The van der Waals surface area contributed by atoms with E-state index in [0.717, 1.165) is 44.0 Å². The Bertz CT molecular complexity index is 807. The fourth-order valence-corrected chi connectivity index (χ4v) is 4.29. The monoisotopic (exact) mass is 367 g/mol. The summed E-state index contributed by atoms with van der Waals surface area (Å²) in [5.74, 6) is 0.0474. The number of fused-ring (bicyclic) bond motifs is 1. The molecule has 1 aliphatic carbocycles. The number of hydrogen-bond donors (Lipinski definition) is 1. The summed E-state index contributed by atoms with van der Waals surface area (Å²) in [5, 5.41) is 7.16. The van der Waals surface area contributed by atoms with E-state index >= 15 is 0 Å². The Morgan fingerprint density at radius 3 is 2.63 bits per heavy atom. The molecule has 1 atom stereocenters. The molecule has 144 valence electrons. The molecule has 0 bridgehead atoms. The van der Waals surface area contributed by atoms with E-state index in [1.165, 1.54) is 24.0 Å². The quantitative estimate of drug-likeness (QED) is 0.896. The van der Waals surface area contributed by atoms with E-state index in [1.807, 2.05) is 14.0 Å². The normalized spacial score (nSPS) is 21.0. The van der Waals surface area contributed by atoms with Gasteiger partial charge in [0.25, 0.3) is 0 Å². The van der Waals surface area contributed by atoms with Crippen LogP contribution in [-0.2, 0) is 24.7 Å². The molecule has 0 spiro atoms. The lowest BCUT2D eigenvalue weighted by molar-refractivity contribution is -0.117. The highest BCUT2D eigenvalue weighted by molar-refractivity contribution is 5.92. The molecule has 1 fully saturated rings. The van der Waals surface area contributed by atoms with Gasteiger partial charge in [-0.3, -0.25) is 19.3 Å². The van der Waals surface area contributed by atoms with Crippen molar-refractivity contribution in [2.24, 2.45) is 7.05 Å². The average Bonchev–Trinajstić information content (AvgIpc) is 3.00. The average molecular weight is 367 g/mol. The number of aromatic nitrogens is 2. The van der Waals surface area contributed by atoms with E-state index in [2.05, 4.69) is 44.5 Å². The summed E-state index contributed by atoms with van der Waals surface area (Å²) in [6, 6.07) is 9.50. The van der Waals surface area contributed by atoms with Crippen molar-refractivity contribution in [2.75, 3.05) is 38.0 Å². The van der Waals surface area contributed by atoms with Gasteiger partial charge in [-0.15, -0.1) is 0 Å². The Morgan fingerprint density at radius 1 is 1.19 bits per heavy atom. The van der Waals surface area contributed by atoms with Crippen LogP contribution in [0.1, 0.15) is 23.2 Å². The van der Waals surface area contributed by atoms with Crippen molar-refractivity contribution in [2.45, 2.75) is 32.2 Å². The molecule has 1 aromatic carbocycles. The number of anilines is 1. The van der Waals surface area contributed by atoms with Crippen molar-refractivity contribution in [3.05, 3.63) is 47.3 Å². The molecular weight excluding hydrogens is 338 g/mol. The zero-order chi connectivity index (χ0) is 18.8. The molecule has 1 N–H and O–H groups in total. The maximum absolute atomic E-state index is 12.4. The van der Waals surface area contributed by atoms with Gasteiger partial charge in [-0.2, -0.15) is 5.10 Å². The van der Waals surface area contributed by atoms with E-state index in [1.54, 1.807) is 10.9 Å². The summed E-state index contributed by atoms with van der Waals surface area (Å²) in [4.78, 5) is 17.2. The van der Waals surface area contributed by atoms with Crippen molar-refractivity contribution in [1.82, 2.24) is 19.6 Å². The lowest BCUT2D eigenvalue weighted by Crippen LogP contribution is -2.52. The highest BCUT2D eigenvalue weighted by atomic mass is 16.2. The van der Waals surface area contributed by atoms with Gasteiger partial charge in [-0.25, -0.2) is 0 Å². The third-order valence-corrected chi connectivity index (χ3v) is 6.12. The van der Waals surface area contributed by atoms with Gasteiger partial charge in [0.15, 0.2) is 0 Å². The second-order valence-corrected chi connectivity index (χ2v) is 7.79. The smallest absolute Gasteiger partial charge is 0.238 e. The van der Waals surface area contributed by atoms with Crippen LogP contribution in [0.2, 0.25) is 0 Å². The largest absolute Gasteiger partial charge is 0.322 e. The predicted molar refractivity (Wildman–Crippen MR) is 107 cm³/mol. The number of carbonyl (C=O) groups is 1. The van der Waals surface area contributed by atoms with Crippen molar-refractivity contribution in [3.63, 3.8) is 0 Å². The van der Waals surface area contributed by atoms with Crippen molar-refractivity contribution < 1.29 is 4.79 Å². The SMILES string of the molecule is Cc1c(NC(=O)CN2CCN(C3CCc4ccccc4C3)CC2)cnn1C. The minimum absolute atomic E-state index is 0.0474. The van der Waals surface area contributed by atoms with Crippen molar-refractivity contribution >= 4 is 11.6 Å². The molecular formula is C21H29N5O. The van der Waals surface area contributed by atoms with Gasteiger partial charge in [-0.05, 0) is 37.3 Å². The van der Waals surface area contributed by atoms with Gasteiger partial charge in [0, 0.05) is 39.3 Å². The number of nitrogens with zero attached hydrogens (tertiary/aromatic N) is 4. The second kappa shape index (κ2) is 7.82. The Hall–Kier alpha value is -2.18. The molecule has 1 aromatic heterocycles. The molecule has 4 rings (SSSR count). The Kier molecular flexibility index (Phi) is 5.27. The highest BCUT2D eigenvalue weighted by Gasteiger charge is 2.27. The molecule has 27 heavy (non-hydrogen) atoms. The van der Waals surface area contributed by atoms with E-state index < -0.39 is 0 Å². The number of aryl methyl sites for hydroxylation is 2. The van der Waals surface area contributed by atoms with E-state index in [-0.39, 0.29) is 5.91 Å². The zero-order valence-electron chi connectivity index (χ0n) is 16.3. The molecule has 0 saturated carbocycles. The standard InChI is InChI=1S/C21H29N5O/c1-16-20(14-22-24(16)2)23-21(27)15-25-9-11-26(12-10-25)19-8-7-17-5-3-4-6-18(17)13-19/h3-6,14,19H,7-13,15H2,1-2H3,(H,23,27). The third kappa shape index (κ3) is 4.06. The topological polar surface area (TPSA) is 53.4 Å². The summed E-state index contributed by atoms with van der Waals surface area (Å²) in [6.07, 6.45) is 5.31. The number of hydrogen-bond acceptors (Lipinski definition) is 4. The highest BCUT2D eigenvalue weighted by Crippen LogP contribution is 2.25. The summed E-state index contributed by atoms with van der Waals surface area (Å²) in [7, 11) is 1.88. The zero-order valence-corrected chi connectivity index (χ0v) is 16.3. The van der Waals surface area contributed by atoms with E-state index in [4.69, 9.17) is 0 Å². The molecule has 0 radical (unpaired) electrons. The molecule has 6 heteroatoms. The fourth-order valence-electron chi connectivity index (χ4n) is 4.29. The van der Waals surface area contributed by atoms with Crippen LogP contribution in [0.15, 0.2) is 30.5 Å². The minimum Gasteiger partial charge on any atom is -0.322 e. The van der Waals surface area contributed by atoms with Crippen molar-refractivity contribution in [1.29, 1.82) is 0 Å². The molecule has 1 saturated heterocycles. The fraction of sp³-hybridized carbons (Fsp3) is 0.524. The van der Waals surface area contributed by atoms with Crippen LogP contribution in [0, 0.1) is 6.92 Å². The lowest BCUT2D eigenvalue weighted by Gasteiger charge is -2.41. The summed E-state index contributed by atoms with van der Waals surface area (Å²) >= 11 is 0. The van der Waals surface area contributed by atoms with Crippen LogP contribution in [0.3, 0.4) is 0 Å². The molecule has 2 heterocycles. The maximum atomic E-state index is 12.4. The molecule has 1 unspecified atom stereocenters. The van der Waals surface area contributed by atoms with E-state index in [9.17, 15) is 4.79 Å². The summed E-state index contributed by atoms with van der Waals surface area (Å²) < 4.78 is 1.77. The van der Waals surface area contributed by atoms with Gasteiger partial charge in [-0.1, -0.05) is 24.3 Å². The molecule has 2 aromatic rings. The number of benzene rings is 1. The van der Waals surface area contributed by atoms with Gasteiger partial charge in [0.05, 0.1) is 24.1 Å². The maximum Gasteiger partial charge on any atom is 0.238 e. The summed E-state index contributed by atoms with van der Waals surface area (Å²) in [6.45, 7) is 6.42. The number of nitrogens with one attached hydrogen (secondary N) is 1. The summed E-state index contributed by atoms with van der Waals surface area (Å²) in [5.41, 5.74) is 4.82. The van der Waals surface area contributed by atoms with Gasteiger partial charge in [0.2, 0.25) is 5.91 Å². The molecule has 2 aliphatic rings. The first-order valence-electron chi connectivity index (χ1n) is 9.92. The van der Waals surface area contributed by atoms with Gasteiger partial charge in [0.1, 0.15) is 0 Å². The van der Waals surface area contributed by atoms with Crippen LogP contribution < -0.4 is 5.32 Å². The first kappa shape index (κ1) is 18.2. The van der Waals surface area contributed by atoms with Crippen LogP contribution >= 0.6 is 0 Å². The number of piperazine rings is 1. The number of rotatable bonds is 4. The third-order valence-electron chi connectivity index (χ3n) is 6.12. The Labute approximate surface area is 161 Å². The number of carbonyl (C=O) groups excluding carboxylic acids is 1. The van der Waals surface area contributed by atoms with E-state index in [0.29, 0.717) is 12.6 Å². The van der Waals surface area contributed by atoms with Crippen molar-refractivity contribution in [3.8, 4) is 0 Å². The number of amides is 1. The van der Waals surface area contributed by atoms with Crippen LogP contribution in [0.4, 0.5) is 5.69 Å². The Morgan fingerprint density at radius 2 is 1.93 bits per heavy atom.